The summed E-state index contributed by atoms with van der Waals surface area (Å²) in [6.45, 7) is 1.11. The van der Waals surface area contributed by atoms with Crippen molar-refractivity contribution in [1.29, 1.82) is 0 Å². The van der Waals surface area contributed by atoms with Crippen molar-refractivity contribution in [1.82, 2.24) is 5.32 Å². The number of rotatable bonds is 0. The topological polar surface area (TPSA) is 12.0 Å². The van der Waals surface area contributed by atoms with E-state index >= 15 is 0 Å². The van der Waals surface area contributed by atoms with Gasteiger partial charge in [-0.2, -0.15) is 0 Å². The number of hydrogen-bond donors (Lipinski definition) is 1. The van der Waals surface area contributed by atoms with Crippen molar-refractivity contribution in [3.63, 3.8) is 0 Å². The number of terminal acetylenes is 1. The van der Waals surface area contributed by atoms with Crippen molar-refractivity contribution in [2.75, 3.05) is 6.54 Å². The van der Waals surface area contributed by atoms with Crippen molar-refractivity contribution in [2.24, 2.45) is 0 Å². The second-order valence-corrected chi connectivity index (χ2v) is 2.17. The van der Waals surface area contributed by atoms with Gasteiger partial charge in [0.1, 0.15) is 0 Å². The molecular formula is C7H12ClN. The minimum Gasteiger partial charge on any atom is -0.304 e. The lowest BCUT2D eigenvalue weighted by Gasteiger charge is -2.17. The predicted octanol–water partition coefficient (Wildman–Crippen LogP) is 1.18. The van der Waals surface area contributed by atoms with E-state index < -0.39 is 0 Å². The normalized spacial score (nSPS) is 25.9. The Balaban J connectivity index is 0.000000640. The van der Waals surface area contributed by atoms with E-state index in [1.807, 2.05) is 0 Å². The molecule has 1 atom stereocenters. The van der Waals surface area contributed by atoms with Crippen LogP contribution >= 0.6 is 12.4 Å². The SMILES string of the molecule is C#CC1CCCCN1.Cl. The molecule has 1 unspecified atom stereocenters. The molecule has 0 saturated carbocycles. The van der Waals surface area contributed by atoms with Gasteiger partial charge in [0.25, 0.3) is 0 Å². The highest BCUT2D eigenvalue weighted by Crippen LogP contribution is 2.04. The minimum absolute atomic E-state index is 0. The highest BCUT2D eigenvalue weighted by Gasteiger charge is 2.07. The lowest BCUT2D eigenvalue weighted by atomic mass is 10.1. The van der Waals surface area contributed by atoms with Crippen LogP contribution in [0.1, 0.15) is 19.3 Å². The monoisotopic (exact) mass is 145 g/mol. The predicted molar refractivity (Wildman–Crippen MR) is 41.7 cm³/mol. The fourth-order valence-corrected chi connectivity index (χ4v) is 0.994. The molecule has 9 heavy (non-hydrogen) atoms. The van der Waals surface area contributed by atoms with Crippen LogP contribution in [0.2, 0.25) is 0 Å². The average Bonchev–Trinajstić information content (AvgIpc) is 1.90. The second kappa shape index (κ2) is 4.67. The summed E-state index contributed by atoms with van der Waals surface area (Å²) in [6, 6.07) is 0.365. The Kier molecular flexibility index (Phi) is 4.57. The van der Waals surface area contributed by atoms with E-state index in [2.05, 4.69) is 11.2 Å². The molecule has 0 spiro atoms. The molecule has 1 nitrogen and oxygen atoms in total. The van der Waals surface area contributed by atoms with Crippen LogP contribution in [0.5, 0.6) is 0 Å². The molecule has 0 bridgehead atoms. The van der Waals surface area contributed by atoms with Crippen LogP contribution in [-0.4, -0.2) is 12.6 Å². The zero-order chi connectivity index (χ0) is 5.82. The Hall–Kier alpha value is -0.190. The summed E-state index contributed by atoms with van der Waals surface area (Å²) in [4.78, 5) is 0. The van der Waals surface area contributed by atoms with Crippen LogP contribution in [0.15, 0.2) is 0 Å². The molecule has 52 valence electrons. The molecule has 2 heteroatoms. The molecule has 1 saturated heterocycles. The van der Waals surface area contributed by atoms with Gasteiger partial charge in [0.2, 0.25) is 0 Å². The molecule has 0 amide bonds. The Bertz CT molecular complexity index is 100.0. The number of halogens is 1. The summed E-state index contributed by atoms with van der Waals surface area (Å²) < 4.78 is 0. The molecule has 1 heterocycles. The summed E-state index contributed by atoms with van der Waals surface area (Å²) in [5.74, 6) is 2.69. The first kappa shape index (κ1) is 8.81. The largest absolute Gasteiger partial charge is 0.304 e. The van der Waals surface area contributed by atoms with Gasteiger partial charge in [0, 0.05) is 0 Å². The van der Waals surface area contributed by atoms with Gasteiger partial charge >= 0.3 is 0 Å². The van der Waals surface area contributed by atoms with E-state index in [0.29, 0.717) is 6.04 Å². The van der Waals surface area contributed by atoms with Crippen LogP contribution in [-0.2, 0) is 0 Å². The number of hydrogen-bond acceptors (Lipinski definition) is 1. The van der Waals surface area contributed by atoms with Crippen LogP contribution < -0.4 is 5.32 Å². The molecule has 0 aliphatic carbocycles. The number of piperidine rings is 1. The minimum atomic E-state index is 0. The van der Waals surface area contributed by atoms with E-state index in [1.54, 1.807) is 0 Å². The van der Waals surface area contributed by atoms with Gasteiger partial charge in [0.05, 0.1) is 6.04 Å². The van der Waals surface area contributed by atoms with Crippen molar-refractivity contribution in [3.8, 4) is 12.3 Å². The standard InChI is InChI=1S/C7H11N.ClH/c1-2-7-5-3-4-6-8-7;/h1,7-8H,3-6H2;1H. The third-order valence-electron chi connectivity index (χ3n) is 1.51. The van der Waals surface area contributed by atoms with Gasteiger partial charge in [-0.1, -0.05) is 5.92 Å². The Morgan fingerprint density at radius 1 is 1.44 bits per heavy atom. The molecule has 1 rings (SSSR count). The third kappa shape index (κ3) is 2.74. The molecule has 0 aromatic carbocycles. The summed E-state index contributed by atoms with van der Waals surface area (Å²) in [5, 5.41) is 3.23. The number of nitrogens with one attached hydrogen (secondary N) is 1. The fourth-order valence-electron chi connectivity index (χ4n) is 0.994. The van der Waals surface area contributed by atoms with Crippen molar-refractivity contribution in [2.45, 2.75) is 25.3 Å². The van der Waals surface area contributed by atoms with Crippen molar-refractivity contribution in [3.05, 3.63) is 0 Å². The first-order valence-corrected chi connectivity index (χ1v) is 3.13. The van der Waals surface area contributed by atoms with Gasteiger partial charge in [-0.25, -0.2) is 0 Å². The van der Waals surface area contributed by atoms with Gasteiger partial charge in [-0.05, 0) is 25.8 Å². The van der Waals surface area contributed by atoms with E-state index in [-0.39, 0.29) is 12.4 Å². The van der Waals surface area contributed by atoms with Gasteiger partial charge < -0.3 is 5.32 Å². The van der Waals surface area contributed by atoms with Gasteiger partial charge in [-0.15, -0.1) is 18.8 Å². The van der Waals surface area contributed by atoms with Crippen molar-refractivity contribution >= 4 is 12.4 Å². The maximum atomic E-state index is 5.19. The van der Waals surface area contributed by atoms with E-state index in [1.165, 1.54) is 12.8 Å². The molecule has 1 aliphatic rings. The highest BCUT2D eigenvalue weighted by molar-refractivity contribution is 5.85. The third-order valence-corrected chi connectivity index (χ3v) is 1.51. The quantitative estimate of drug-likeness (QED) is 0.505. The maximum absolute atomic E-state index is 5.19. The van der Waals surface area contributed by atoms with E-state index in [4.69, 9.17) is 6.42 Å². The summed E-state index contributed by atoms with van der Waals surface area (Å²) >= 11 is 0. The van der Waals surface area contributed by atoms with Gasteiger partial charge in [0.15, 0.2) is 0 Å². The molecule has 0 radical (unpaired) electrons. The molecule has 1 N–H and O–H groups in total. The van der Waals surface area contributed by atoms with E-state index in [0.717, 1.165) is 13.0 Å². The highest BCUT2D eigenvalue weighted by atomic mass is 35.5. The molecular weight excluding hydrogens is 134 g/mol. The van der Waals surface area contributed by atoms with Crippen molar-refractivity contribution < 1.29 is 0 Å². The zero-order valence-corrected chi connectivity index (χ0v) is 6.21. The van der Waals surface area contributed by atoms with Crippen LogP contribution in [0.4, 0.5) is 0 Å². The average molecular weight is 146 g/mol. The molecule has 1 fully saturated rings. The summed E-state index contributed by atoms with van der Waals surface area (Å²) in [6.07, 6.45) is 8.94. The maximum Gasteiger partial charge on any atom is 0.0686 e. The first-order valence-electron chi connectivity index (χ1n) is 3.13. The van der Waals surface area contributed by atoms with Crippen LogP contribution in [0.25, 0.3) is 0 Å². The summed E-state index contributed by atoms with van der Waals surface area (Å²) in [7, 11) is 0. The lowest BCUT2D eigenvalue weighted by Crippen LogP contribution is -2.32. The van der Waals surface area contributed by atoms with E-state index in [9.17, 15) is 0 Å². The van der Waals surface area contributed by atoms with Crippen LogP contribution in [0.3, 0.4) is 0 Å². The second-order valence-electron chi connectivity index (χ2n) is 2.17. The zero-order valence-electron chi connectivity index (χ0n) is 5.39. The Morgan fingerprint density at radius 3 is 2.56 bits per heavy atom. The smallest absolute Gasteiger partial charge is 0.0686 e. The lowest BCUT2D eigenvalue weighted by molar-refractivity contribution is 0.464. The fraction of sp³-hybridized carbons (Fsp3) is 0.714. The first-order chi connectivity index (χ1) is 3.93. The van der Waals surface area contributed by atoms with Crippen LogP contribution in [0, 0.1) is 12.3 Å². The molecule has 0 aromatic heterocycles. The summed E-state index contributed by atoms with van der Waals surface area (Å²) in [5.41, 5.74) is 0. The molecule has 0 aromatic rings. The molecule has 1 aliphatic heterocycles. The Morgan fingerprint density at radius 2 is 2.22 bits per heavy atom. The van der Waals surface area contributed by atoms with Gasteiger partial charge in [-0.3, -0.25) is 0 Å². The Labute approximate surface area is 62.6 Å².